The van der Waals surface area contributed by atoms with Crippen molar-refractivity contribution in [1.82, 2.24) is 9.99 Å². The number of ether oxygens (including phenoxy) is 1. The van der Waals surface area contributed by atoms with Crippen LogP contribution in [0.4, 0.5) is 5.69 Å². The van der Waals surface area contributed by atoms with Gasteiger partial charge in [-0.3, -0.25) is 9.10 Å². The summed E-state index contributed by atoms with van der Waals surface area (Å²) < 4.78 is 35.3. The fourth-order valence-corrected chi connectivity index (χ4v) is 5.65. The number of aryl methyl sites for hydroxylation is 2. The van der Waals surface area contributed by atoms with E-state index in [0.717, 1.165) is 32.5 Å². The average Bonchev–Trinajstić information content (AvgIpc) is 3.20. The summed E-state index contributed by atoms with van der Waals surface area (Å²) in [7, 11) is -2.53. The molecule has 3 aromatic carbocycles. The summed E-state index contributed by atoms with van der Waals surface area (Å²) >= 11 is 0. The zero-order valence-corrected chi connectivity index (χ0v) is 22.6. The van der Waals surface area contributed by atoms with Crippen LogP contribution in [-0.2, 0) is 14.8 Å². The molecule has 0 aliphatic carbocycles. The topological polar surface area (TPSA) is 93.0 Å². The van der Waals surface area contributed by atoms with Gasteiger partial charge in [0.25, 0.3) is 15.9 Å². The van der Waals surface area contributed by atoms with Gasteiger partial charge >= 0.3 is 0 Å². The highest BCUT2D eigenvalue weighted by molar-refractivity contribution is 7.92. The summed E-state index contributed by atoms with van der Waals surface area (Å²) in [5, 5.41) is 4.12. The number of carbonyl (C=O) groups is 1. The highest BCUT2D eigenvalue weighted by Gasteiger charge is 2.27. The largest absolute Gasteiger partial charge is 0.497 e. The number of nitrogens with zero attached hydrogens (tertiary/aromatic N) is 3. The number of hydrazone groups is 1. The summed E-state index contributed by atoms with van der Waals surface area (Å²) in [5.74, 6) is -0.0426. The molecule has 0 unspecified atom stereocenters. The van der Waals surface area contributed by atoms with Crippen molar-refractivity contribution in [2.75, 3.05) is 18.0 Å². The molecule has 9 heteroatoms. The summed E-state index contributed by atoms with van der Waals surface area (Å²) in [6, 6.07) is 24.6. The molecule has 1 amide bonds. The van der Waals surface area contributed by atoms with Gasteiger partial charge in [-0.05, 0) is 74.9 Å². The van der Waals surface area contributed by atoms with Crippen molar-refractivity contribution < 1.29 is 17.9 Å². The normalized spacial score (nSPS) is 11.5. The van der Waals surface area contributed by atoms with Crippen LogP contribution < -0.4 is 14.5 Å². The number of aromatic nitrogens is 1. The zero-order valence-electron chi connectivity index (χ0n) is 21.8. The number of amides is 1. The molecular weight excluding hydrogens is 500 g/mol. The minimum atomic E-state index is -4.03. The maximum Gasteiger partial charge on any atom is 0.264 e. The number of hydrogen-bond acceptors (Lipinski definition) is 5. The lowest BCUT2D eigenvalue weighted by atomic mass is 10.2. The first-order valence-corrected chi connectivity index (χ1v) is 13.4. The van der Waals surface area contributed by atoms with E-state index >= 15 is 0 Å². The molecule has 0 saturated heterocycles. The van der Waals surface area contributed by atoms with Gasteiger partial charge in [-0.2, -0.15) is 5.10 Å². The molecule has 8 nitrogen and oxygen atoms in total. The first-order chi connectivity index (χ1) is 18.2. The molecule has 0 bridgehead atoms. The van der Waals surface area contributed by atoms with Crippen LogP contribution in [0.5, 0.6) is 5.75 Å². The molecule has 1 heterocycles. The van der Waals surface area contributed by atoms with Crippen molar-refractivity contribution in [2.45, 2.75) is 25.7 Å². The second-order valence-electron chi connectivity index (χ2n) is 8.76. The Morgan fingerprint density at radius 2 is 1.63 bits per heavy atom. The van der Waals surface area contributed by atoms with Crippen molar-refractivity contribution >= 4 is 27.8 Å². The van der Waals surface area contributed by atoms with E-state index in [0.29, 0.717) is 11.4 Å². The van der Waals surface area contributed by atoms with Crippen molar-refractivity contribution in [1.29, 1.82) is 0 Å². The van der Waals surface area contributed by atoms with Crippen LogP contribution in [-0.4, -0.2) is 38.8 Å². The number of sulfonamides is 1. The van der Waals surface area contributed by atoms with Gasteiger partial charge in [0, 0.05) is 22.6 Å². The summed E-state index contributed by atoms with van der Waals surface area (Å²) in [6.07, 6.45) is 1.57. The van der Waals surface area contributed by atoms with Crippen molar-refractivity contribution in [3.8, 4) is 11.4 Å². The van der Waals surface area contributed by atoms with E-state index in [2.05, 4.69) is 34.2 Å². The number of para-hydroxylation sites is 2. The van der Waals surface area contributed by atoms with Crippen LogP contribution in [0, 0.1) is 20.8 Å². The lowest BCUT2D eigenvalue weighted by Crippen LogP contribution is -2.39. The Labute approximate surface area is 223 Å². The van der Waals surface area contributed by atoms with Gasteiger partial charge in [0.1, 0.15) is 12.3 Å². The predicted molar refractivity (Wildman–Crippen MR) is 150 cm³/mol. The minimum Gasteiger partial charge on any atom is -0.497 e. The number of anilines is 1. The Hall–Kier alpha value is -4.37. The number of rotatable bonds is 9. The Morgan fingerprint density at radius 3 is 2.29 bits per heavy atom. The van der Waals surface area contributed by atoms with Gasteiger partial charge in [0.15, 0.2) is 0 Å². The van der Waals surface area contributed by atoms with E-state index in [1.807, 2.05) is 32.0 Å². The zero-order chi connectivity index (χ0) is 27.3. The number of carbonyl (C=O) groups excluding carboxylic acids is 1. The molecule has 0 atom stereocenters. The van der Waals surface area contributed by atoms with Gasteiger partial charge in [0.2, 0.25) is 0 Å². The summed E-state index contributed by atoms with van der Waals surface area (Å²) in [6.45, 7) is 5.61. The molecule has 0 aliphatic heterocycles. The van der Waals surface area contributed by atoms with Crippen molar-refractivity contribution in [3.63, 3.8) is 0 Å². The monoisotopic (exact) mass is 530 g/mol. The SMILES string of the molecule is COc1ccc(S(=O)(=O)N(CC(=O)N/N=C/c2cc(C)n(-c3ccccc3C)c2C)c2ccccc2)cc1. The van der Waals surface area contributed by atoms with Gasteiger partial charge in [-0.15, -0.1) is 0 Å². The lowest BCUT2D eigenvalue weighted by Gasteiger charge is -2.23. The van der Waals surface area contributed by atoms with Crippen LogP contribution in [0.1, 0.15) is 22.5 Å². The van der Waals surface area contributed by atoms with Gasteiger partial charge < -0.3 is 9.30 Å². The van der Waals surface area contributed by atoms with E-state index < -0.39 is 22.5 Å². The molecule has 4 rings (SSSR count). The fourth-order valence-electron chi connectivity index (χ4n) is 4.23. The Balaban J connectivity index is 1.54. The van der Waals surface area contributed by atoms with E-state index in [1.165, 1.54) is 19.2 Å². The minimum absolute atomic E-state index is 0.0436. The standard InChI is InChI=1S/C29H30N4O4S/c1-21-10-8-9-13-28(21)33-22(2)18-24(23(33)3)19-30-31-29(34)20-32(25-11-6-5-7-12-25)38(35,36)27-16-14-26(37-4)15-17-27/h5-19H,20H2,1-4H3,(H,31,34)/b30-19+. The van der Waals surface area contributed by atoms with Crippen LogP contribution >= 0.6 is 0 Å². The Kier molecular flexibility index (Phi) is 7.97. The molecule has 196 valence electrons. The second-order valence-corrected chi connectivity index (χ2v) is 10.6. The van der Waals surface area contributed by atoms with E-state index in [1.54, 1.807) is 48.7 Å². The van der Waals surface area contributed by atoms with Crippen molar-refractivity contribution in [3.05, 3.63) is 107 Å². The molecule has 1 N–H and O–H groups in total. The van der Waals surface area contributed by atoms with Crippen LogP contribution in [0.3, 0.4) is 0 Å². The van der Waals surface area contributed by atoms with Gasteiger partial charge in [-0.25, -0.2) is 13.8 Å². The van der Waals surface area contributed by atoms with Crippen LogP contribution in [0.25, 0.3) is 5.69 Å². The quantitative estimate of drug-likeness (QED) is 0.250. The Morgan fingerprint density at radius 1 is 0.974 bits per heavy atom. The molecule has 38 heavy (non-hydrogen) atoms. The molecular formula is C29H30N4O4S. The number of hydrogen-bond donors (Lipinski definition) is 1. The third-order valence-corrected chi connectivity index (χ3v) is 7.99. The Bertz CT molecular complexity index is 1560. The summed E-state index contributed by atoms with van der Waals surface area (Å²) in [5.41, 5.74) is 7.91. The molecule has 0 saturated carbocycles. The molecule has 0 aliphatic rings. The first-order valence-electron chi connectivity index (χ1n) is 12.0. The van der Waals surface area contributed by atoms with E-state index in [-0.39, 0.29) is 4.90 Å². The smallest absolute Gasteiger partial charge is 0.264 e. The van der Waals surface area contributed by atoms with Crippen LogP contribution in [0.2, 0.25) is 0 Å². The van der Waals surface area contributed by atoms with Gasteiger partial charge in [-0.1, -0.05) is 36.4 Å². The highest BCUT2D eigenvalue weighted by Crippen LogP contribution is 2.25. The third-order valence-electron chi connectivity index (χ3n) is 6.20. The maximum atomic E-state index is 13.5. The molecule has 0 radical (unpaired) electrons. The number of nitrogens with one attached hydrogen (secondary N) is 1. The molecule has 1 aromatic heterocycles. The lowest BCUT2D eigenvalue weighted by molar-refractivity contribution is -0.119. The molecule has 4 aromatic rings. The van der Waals surface area contributed by atoms with Crippen molar-refractivity contribution in [2.24, 2.45) is 5.10 Å². The number of benzene rings is 3. The molecule has 0 spiro atoms. The van der Waals surface area contributed by atoms with E-state index in [4.69, 9.17) is 4.74 Å². The van der Waals surface area contributed by atoms with E-state index in [9.17, 15) is 13.2 Å². The summed E-state index contributed by atoms with van der Waals surface area (Å²) in [4.78, 5) is 12.9. The third kappa shape index (κ3) is 5.63. The highest BCUT2D eigenvalue weighted by atomic mass is 32.2. The van der Waals surface area contributed by atoms with Gasteiger partial charge in [0.05, 0.1) is 23.9 Å². The second kappa shape index (κ2) is 11.4. The average molecular weight is 531 g/mol. The molecule has 0 fully saturated rings. The fraction of sp³-hybridized carbons (Fsp3) is 0.172. The predicted octanol–water partition coefficient (Wildman–Crippen LogP) is 4.76. The maximum absolute atomic E-state index is 13.5. The first kappa shape index (κ1) is 26.7. The van der Waals surface area contributed by atoms with Crippen LogP contribution in [0.15, 0.2) is 94.9 Å². The number of methoxy groups -OCH3 is 1.